The number of halogens is 1. The van der Waals surface area contributed by atoms with E-state index in [4.69, 9.17) is 16.3 Å². The predicted molar refractivity (Wildman–Crippen MR) is 115 cm³/mol. The first-order valence-electron chi connectivity index (χ1n) is 10.6. The van der Waals surface area contributed by atoms with Crippen LogP contribution in [0.3, 0.4) is 0 Å². The van der Waals surface area contributed by atoms with Gasteiger partial charge >= 0.3 is 0 Å². The zero-order valence-corrected chi connectivity index (χ0v) is 17.6. The van der Waals surface area contributed by atoms with Crippen LogP contribution in [-0.2, 0) is 0 Å². The monoisotopic (exact) mass is 427 g/mol. The molecular formula is C23H26ClN3O3. The summed E-state index contributed by atoms with van der Waals surface area (Å²) in [7, 11) is 0. The first-order chi connectivity index (χ1) is 14.6. The molecule has 30 heavy (non-hydrogen) atoms. The third kappa shape index (κ3) is 4.93. The quantitative estimate of drug-likeness (QED) is 0.780. The van der Waals surface area contributed by atoms with E-state index in [9.17, 15) is 9.59 Å². The molecule has 0 bridgehead atoms. The van der Waals surface area contributed by atoms with Crippen molar-refractivity contribution in [2.24, 2.45) is 0 Å². The molecule has 2 fully saturated rings. The molecule has 1 aliphatic heterocycles. The SMILES string of the molecule is O=C(NC1CCCC1)c1ccc(OC2CCN(C(=O)c3cccnc3)CC2)c(Cl)c1. The maximum atomic E-state index is 12.5. The van der Waals surface area contributed by atoms with Gasteiger partial charge in [-0.3, -0.25) is 14.6 Å². The standard InChI is InChI=1S/C23H26ClN3O3/c24-20-14-16(22(28)26-18-5-1-2-6-18)7-8-21(20)30-19-9-12-27(13-10-19)23(29)17-4-3-11-25-15-17/h3-4,7-8,11,14-15,18-19H,1-2,5-6,9-10,12-13H2,(H,26,28). The molecule has 2 amide bonds. The fourth-order valence-electron chi connectivity index (χ4n) is 4.10. The third-order valence-corrected chi connectivity index (χ3v) is 6.11. The fourth-order valence-corrected chi connectivity index (χ4v) is 4.33. The van der Waals surface area contributed by atoms with Crippen LogP contribution in [-0.4, -0.2) is 46.9 Å². The number of carbonyl (C=O) groups is 2. The van der Waals surface area contributed by atoms with Gasteiger partial charge in [0, 0.05) is 49.9 Å². The lowest BCUT2D eigenvalue weighted by atomic mass is 10.1. The summed E-state index contributed by atoms with van der Waals surface area (Å²) in [5.74, 6) is 0.487. The highest BCUT2D eigenvalue weighted by Crippen LogP contribution is 2.29. The molecule has 1 saturated carbocycles. The topological polar surface area (TPSA) is 71.5 Å². The van der Waals surface area contributed by atoms with Gasteiger partial charge in [0.25, 0.3) is 11.8 Å². The zero-order valence-electron chi connectivity index (χ0n) is 16.9. The Bertz CT molecular complexity index is 892. The van der Waals surface area contributed by atoms with Crippen molar-refractivity contribution in [3.63, 3.8) is 0 Å². The van der Waals surface area contributed by atoms with Crippen LogP contribution >= 0.6 is 11.6 Å². The largest absolute Gasteiger partial charge is 0.489 e. The van der Waals surface area contributed by atoms with Gasteiger partial charge in [-0.25, -0.2) is 0 Å². The summed E-state index contributed by atoms with van der Waals surface area (Å²) in [4.78, 5) is 30.8. The highest BCUT2D eigenvalue weighted by Gasteiger charge is 2.25. The fraction of sp³-hybridized carbons (Fsp3) is 0.435. The van der Waals surface area contributed by atoms with Crippen LogP contribution in [0.5, 0.6) is 5.75 Å². The number of aromatic nitrogens is 1. The molecule has 0 radical (unpaired) electrons. The van der Waals surface area contributed by atoms with E-state index in [1.807, 2.05) is 4.90 Å². The van der Waals surface area contributed by atoms with E-state index < -0.39 is 0 Å². The second kappa shape index (κ2) is 9.47. The number of carbonyl (C=O) groups excluding carboxylic acids is 2. The molecule has 2 aromatic rings. The van der Waals surface area contributed by atoms with E-state index >= 15 is 0 Å². The lowest BCUT2D eigenvalue weighted by Crippen LogP contribution is -2.41. The average molecular weight is 428 g/mol. The molecule has 0 atom stereocenters. The Hall–Kier alpha value is -2.60. The molecule has 1 N–H and O–H groups in total. The van der Waals surface area contributed by atoms with Crippen LogP contribution in [0.15, 0.2) is 42.7 Å². The first kappa shape index (κ1) is 20.7. The van der Waals surface area contributed by atoms with E-state index in [1.54, 1.807) is 42.7 Å². The van der Waals surface area contributed by atoms with Crippen LogP contribution < -0.4 is 10.1 Å². The first-order valence-corrected chi connectivity index (χ1v) is 10.9. The van der Waals surface area contributed by atoms with Crippen LogP contribution in [0.25, 0.3) is 0 Å². The van der Waals surface area contributed by atoms with E-state index in [1.165, 1.54) is 12.8 Å². The Kier molecular flexibility index (Phi) is 6.53. The van der Waals surface area contributed by atoms with E-state index in [2.05, 4.69) is 10.3 Å². The molecule has 6 nitrogen and oxygen atoms in total. The number of pyridine rings is 1. The Morgan fingerprint density at radius 2 is 1.83 bits per heavy atom. The van der Waals surface area contributed by atoms with E-state index in [-0.39, 0.29) is 24.0 Å². The van der Waals surface area contributed by atoms with Gasteiger partial charge in [-0.2, -0.15) is 0 Å². The normalized spacial score (nSPS) is 17.7. The van der Waals surface area contributed by atoms with Crippen LogP contribution in [0, 0.1) is 0 Å². The smallest absolute Gasteiger partial charge is 0.255 e. The molecule has 4 rings (SSSR count). The molecule has 1 aromatic heterocycles. The maximum absolute atomic E-state index is 12.5. The van der Waals surface area contributed by atoms with Gasteiger partial charge in [-0.15, -0.1) is 0 Å². The predicted octanol–water partition coefficient (Wildman–Crippen LogP) is 4.09. The lowest BCUT2D eigenvalue weighted by molar-refractivity contribution is 0.0595. The number of hydrogen-bond acceptors (Lipinski definition) is 4. The number of benzene rings is 1. The summed E-state index contributed by atoms with van der Waals surface area (Å²) in [6.07, 6.45) is 9.12. The molecule has 1 aliphatic carbocycles. The van der Waals surface area contributed by atoms with Gasteiger partial charge in [0.1, 0.15) is 11.9 Å². The minimum Gasteiger partial charge on any atom is -0.489 e. The molecule has 1 saturated heterocycles. The van der Waals surface area contributed by atoms with Crippen molar-refractivity contribution in [2.75, 3.05) is 13.1 Å². The minimum absolute atomic E-state index is 0.00258. The second-order valence-electron chi connectivity index (χ2n) is 7.95. The summed E-state index contributed by atoms with van der Waals surface area (Å²) < 4.78 is 6.07. The number of rotatable bonds is 5. The molecule has 158 valence electrons. The van der Waals surface area contributed by atoms with Crippen molar-refractivity contribution in [1.82, 2.24) is 15.2 Å². The highest BCUT2D eigenvalue weighted by atomic mass is 35.5. The zero-order chi connectivity index (χ0) is 20.9. The third-order valence-electron chi connectivity index (χ3n) is 5.82. The van der Waals surface area contributed by atoms with Gasteiger partial charge in [0.05, 0.1) is 10.6 Å². The van der Waals surface area contributed by atoms with Crippen molar-refractivity contribution < 1.29 is 14.3 Å². The maximum Gasteiger partial charge on any atom is 0.255 e. The van der Waals surface area contributed by atoms with Crippen molar-refractivity contribution in [1.29, 1.82) is 0 Å². The lowest BCUT2D eigenvalue weighted by Gasteiger charge is -2.32. The summed E-state index contributed by atoms with van der Waals surface area (Å²) in [5, 5.41) is 3.51. The van der Waals surface area contributed by atoms with Crippen molar-refractivity contribution in [2.45, 2.75) is 50.7 Å². The molecular weight excluding hydrogens is 402 g/mol. The summed E-state index contributed by atoms with van der Waals surface area (Å²) in [6, 6.07) is 9.01. The van der Waals surface area contributed by atoms with Gasteiger partial charge in [-0.05, 0) is 43.2 Å². The van der Waals surface area contributed by atoms with E-state index in [0.717, 1.165) is 25.7 Å². The molecule has 2 heterocycles. The van der Waals surface area contributed by atoms with Crippen LogP contribution in [0.4, 0.5) is 0 Å². The highest BCUT2D eigenvalue weighted by molar-refractivity contribution is 6.32. The van der Waals surface area contributed by atoms with Crippen molar-refractivity contribution in [3.8, 4) is 5.75 Å². The molecule has 0 spiro atoms. The van der Waals surface area contributed by atoms with Gasteiger partial charge in [0.2, 0.25) is 0 Å². The van der Waals surface area contributed by atoms with E-state index in [0.29, 0.717) is 35.0 Å². The Balaban J connectivity index is 1.30. The van der Waals surface area contributed by atoms with Gasteiger partial charge in [-0.1, -0.05) is 24.4 Å². The number of nitrogens with zero attached hydrogens (tertiary/aromatic N) is 2. The summed E-state index contributed by atoms with van der Waals surface area (Å²) in [5.41, 5.74) is 1.16. The molecule has 0 unspecified atom stereocenters. The number of ether oxygens (including phenoxy) is 1. The Labute approximate surface area is 181 Å². The number of likely N-dealkylation sites (tertiary alicyclic amines) is 1. The minimum atomic E-state index is -0.0856. The number of nitrogens with one attached hydrogen (secondary N) is 1. The van der Waals surface area contributed by atoms with Crippen molar-refractivity contribution in [3.05, 3.63) is 58.9 Å². The number of piperidine rings is 1. The summed E-state index contributed by atoms with van der Waals surface area (Å²) >= 11 is 6.39. The van der Waals surface area contributed by atoms with Crippen LogP contribution in [0.2, 0.25) is 5.02 Å². The molecule has 1 aromatic carbocycles. The van der Waals surface area contributed by atoms with Gasteiger partial charge in [0.15, 0.2) is 0 Å². The van der Waals surface area contributed by atoms with Crippen molar-refractivity contribution >= 4 is 23.4 Å². The number of amides is 2. The molecule has 2 aliphatic rings. The number of hydrogen-bond donors (Lipinski definition) is 1. The van der Waals surface area contributed by atoms with Crippen LogP contribution in [0.1, 0.15) is 59.2 Å². The summed E-state index contributed by atoms with van der Waals surface area (Å²) in [6.45, 7) is 1.25. The Morgan fingerprint density at radius 3 is 2.50 bits per heavy atom. The second-order valence-corrected chi connectivity index (χ2v) is 8.36. The molecule has 7 heteroatoms. The Morgan fingerprint density at radius 1 is 1.07 bits per heavy atom. The average Bonchev–Trinajstić information content (AvgIpc) is 3.29. The van der Waals surface area contributed by atoms with Gasteiger partial charge < -0.3 is 15.0 Å².